The highest BCUT2D eigenvalue weighted by Gasteiger charge is 2.06. The smallest absolute Gasteiger partial charge is 0.162 e. The van der Waals surface area contributed by atoms with Gasteiger partial charge in [-0.2, -0.15) is 0 Å². The highest BCUT2D eigenvalue weighted by molar-refractivity contribution is 5.96. The third-order valence-electron chi connectivity index (χ3n) is 3.21. The van der Waals surface area contributed by atoms with Crippen LogP contribution < -0.4 is 9.47 Å². The fourth-order valence-electron chi connectivity index (χ4n) is 2.03. The summed E-state index contributed by atoms with van der Waals surface area (Å²) in [6.45, 7) is 1.86. The third kappa shape index (κ3) is 2.99. The van der Waals surface area contributed by atoms with E-state index in [1.165, 1.54) is 0 Å². The van der Waals surface area contributed by atoms with E-state index in [-0.39, 0.29) is 5.78 Å². The standard InChI is InChI=1S/C17H18O3/c1-4-17(18)13-7-5-12(6-8-13)14-9-15(19-2)11-16(10-14)20-3/h5-11H,4H2,1-3H3. The Morgan fingerprint density at radius 3 is 1.90 bits per heavy atom. The Morgan fingerprint density at radius 1 is 0.900 bits per heavy atom. The van der Waals surface area contributed by atoms with E-state index < -0.39 is 0 Å². The molecule has 0 saturated carbocycles. The van der Waals surface area contributed by atoms with E-state index in [0.29, 0.717) is 6.42 Å². The lowest BCUT2D eigenvalue weighted by Crippen LogP contribution is -1.95. The van der Waals surface area contributed by atoms with Gasteiger partial charge in [-0.3, -0.25) is 4.79 Å². The maximum absolute atomic E-state index is 11.6. The summed E-state index contributed by atoms with van der Waals surface area (Å²) in [5, 5.41) is 0. The number of ether oxygens (including phenoxy) is 2. The molecule has 0 saturated heterocycles. The maximum Gasteiger partial charge on any atom is 0.162 e. The number of carbonyl (C=O) groups is 1. The Hall–Kier alpha value is -2.29. The van der Waals surface area contributed by atoms with E-state index in [0.717, 1.165) is 28.2 Å². The van der Waals surface area contributed by atoms with Crippen LogP contribution in [0.5, 0.6) is 11.5 Å². The van der Waals surface area contributed by atoms with Crippen molar-refractivity contribution in [3.8, 4) is 22.6 Å². The molecule has 0 atom stereocenters. The summed E-state index contributed by atoms with van der Waals surface area (Å²) in [5.41, 5.74) is 2.76. The van der Waals surface area contributed by atoms with Crippen molar-refractivity contribution in [3.05, 3.63) is 48.0 Å². The molecule has 0 amide bonds. The molecule has 0 bridgehead atoms. The second-order valence-electron chi connectivity index (χ2n) is 4.46. The van der Waals surface area contributed by atoms with Crippen molar-refractivity contribution in [3.63, 3.8) is 0 Å². The van der Waals surface area contributed by atoms with Crippen LogP contribution in [0.25, 0.3) is 11.1 Å². The fourth-order valence-corrected chi connectivity index (χ4v) is 2.03. The number of Topliss-reactive ketones (excluding diaryl/α,β-unsaturated/α-hetero) is 1. The Morgan fingerprint density at radius 2 is 1.45 bits per heavy atom. The molecule has 0 aliphatic heterocycles. The first-order chi connectivity index (χ1) is 9.67. The first-order valence-corrected chi connectivity index (χ1v) is 6.54. The van der Waals surface area contributed by atoms with Gasteiger partial charge in [-0.05, 0) is 23.3 Å². The molecule has 0 heterocycles. The molecule has 0 unspecified atom stereocenters. The van der Waals surface area contributed by atoms with Crippen molar-refractivity contribution < 1.29 is 14.3 Å². The molecule has 0 aliphatic rings. The largest absolute Gasteiger partial charge is 0.497 e. The molecule has 0 spiro atoms. The summed E-state index contributed by atoms with van der Waals surface area (Å²) in [7, 11) is 3.25. The Balaban J connectivity index is 2.38. The van der Waals surface area contributed by atoms with Gasteiger partial charge in [-0.15, -0.1) is 0 Å². The van der Waals surface area contributed by atoms with Crippen LogP contribution in [0.3, 0.4) is 0 Å². The molecule has 2 aromatic rings. The number of hydrogen-bond acceptors (Lipinski definition) is 3. The molecule has 0 aliphatic carbocycles. The van der Waals surface area contributed by atoms with Crippen LogP contribution in [0, 0.1) is 0 Å². The van der Waals surface area contributed by atoms with Crippen LogP contribution >= 0.6 is 0 Å². The van der Waals surface area contributed by atoms with Crippen LogP contribution in [-0.2, 0) is 0 Å². The first-order valence-electron chi connectivity index (χ1n) is 6.54. The van der Waals surface area contributed by atoms with Crippen molar-refractivity contribution >= 4 is 5.78 Å². The summed E-state index contributed by atoms with van der Waals surface area (Å²) < 4.78 is 10.5. The minimum absolute atomic E-state index is 0.153. The van der Waals surface area contributed by atoms with Gasteiger partial charge in [0.05, 0.1) is 14.2 Å². The molecule has 0 radical (unpaired) electrons. The van der Waals surface area contributed by atoms with Crippen LogP contribution in [0.4, 0.5) is 0 Å². The first kappa shape index (κ1) is 14.1. The average molecular weight is 270 g/mol. The summed E-state index contributed by atoms with van der Waals surface area (Å²) >= 11 is 0. The highest BCUT2D eigenvalue weighted by Crippen LogP contribution is 2.29. The molecule has 0 fully saturated rings. The molecule has 0 aromatic heterocycles. The molecular formula is C17H18O3. The van der Waals surface area contributed by atoms with Gasteiger partial charge in [-0.1, -0.05) is 31.2 Å². The molecule has 3 nitrogen and oxygen atoms in total. The van der Waals surface area contributed by atoms with Crippen LogP contribution in [-0.4, -0.2) is 20.0 Å². The average Bonchev–Trinajstić information content (AvgIpc) is 2.53. The van der Waals surface area contributed by atoms with Crippen LogP contribution in [0.15, 0.2) is 42.5 Å². The molecule has 3 heteroatoms. The van der Waals surface area contributed by atoms with Gasteiger partial charge in [0.25, 0.3) is 0 Å². The van der Waals surface area contributed by atoms with Gasteiger partial charge in [0.2, 0.25) is 0 Å². The van der Waals surface area contributed by atoms with Crippen LogP contribution in [0.1, 0.15) is 23.7 Å². The lowest BCUT2D eigenvalue weighted by Gasteiger charge is -2.09. The van der Waals surface area contributed by atoms with Crippen molar-refractivity contribution in [1.82, 2.24) is 0 Å². The summed E-state index contributed by atoms with van der Waals surface area (Å²) in [6, 6.07) is 13.3. The number of benzene rings is 2. The lowest BCUT2D eigenvalue weighted by atomic mass is 10.0. The SMILES string of the molecule is CCC(=O)c1ccc(-c2cc(OC)cc(OC)c2)cc1. The van der Waals surface area contributed by atoms with Gasteiger partial charge < -0.3 is 9.47 Å². The topological polar surface area (TPSA) is 35.5 Å². The predicted octanol–water partition coefficient (Wildman–Crippen LogP) is 3.96. The fraction of sp³-hybridized carbons (Fsp3) is 0.235. The Labute approximate surface area is 119 Å². The predicted molar refractivity (Wildman–Crippen MR) is 79.6 cm³/mol. The van der Waals surface area contributed by atoms with Crippen molar-refractivity contribution in [2.45, 2.75) is 13.3 Å². The molecule has 104 valence electrons. The Kier molecular flexibility index (Phi) is 4.41. The Bertz CT molecular complexity index is 578. The van der Waals surface area contributed by atoms with E-state index in [2.05, 4.69) is 0 Å². The minimum atomic E-state index is 0.153. The summed E-state index contributed by atoms with van der Waals surface area (Å²) in [4.78, 5) is 11.6. The van der Waals surface area contributed by atoms with Crippen molar-refractivity contribution in [2.75, 3.05) is 14.2 Å². The summed E-state index contributed by atoms with van der Waals surface area (Å²) in [5.74, 6) is 1.64. The van der Waals surface area contributed by atoms with E-state index in [1.807, 2.05) is 49.4 Å². The van der Waals surface area contributed by atoms with E-state index in [9.17, 15) is 4.79 Å². The van der Waals surface area contributed by atoms with Crippen LogP contribution in [0.2, 0.25) is 0 Å². The number of rotatable bonds is 5. The normalized spacial score (nSPS) is 10.2. The highest BCUT2D eigenvalue weighted by atomic mass is 16.5. The zero-order chi connectivity index (χ0) is 14.5. The van der Waals surface area contributed by atoms with Gasteiger partial charge >= 0.3 is 0 Å². The van der Waals surface area contributed by atoms with Crippen molar-refractivity contribution in [1.29, 1.82) is 0 Å². The van der Waals surface area contributed by atoms with E-state index in [1.54, 1.807) is 14.2 Å². The number of carbonyl (C=O) groups excluding carboxylic acids is 1. The van der Waals surface area contributed by atoms with E-state index >= 15 is 0 Å². The van der Waals surface area contributed by atoms with E-state index in [4.69, 9.17) is 9.47 Å². The third-order valence-corrected chi connectivity index (χ3v) is 3.21. The number of methoxy groups -OCH3 is 2. The second kappa shape index (κ2) is 6.24. The monoisotopic (exact) mass is 270 g/mol. The zero-order valence-corrected chi connectivity index (χ0v) is 12.0. The maximum atomic E-state index is 11.6. The van der Waals surface area contributed by atoms with Gasteiger partial charge in [0.15, 0.2) is 5.78 Å². The summed E-state index contributed by atoms with van der Waals surface area (Å²) in [6.07, 6.45) is 0.520. The number of ketones is 1. The molecule has 20 heavy (non-hydrogen) atoms. The quantitative estimate of drug-likeness (QED) is 0.771. The molecule has 0 N–H and O–H groups in total. The molecule has 2 rings (SSSR count). The van der Waals surface area contributed by atoms with Gasteiger partial charge in [-0.25, -0.2) is 0 Å². The lowest BCUT2D eigenvalue weighted by molar-refractivity contribution is 0.0988. The van der Waals surface area contributed by atoms with Gasteiger partial charge in [0, 0.05) is 18.1 Å². The van der Waals surface area contributed by atoms with Crippen molar-refractivity contribution in [2.24, 2.45) is 0 Å². The molecule has 2 aromatic carbocycles. The molecular weight excluding hydrogens is 252 g/mol. The van der Waals surface area contributed by atoms with Gasteiger partial charge in [0.1, 0.15) is 11.5 Å². The number of hydrogen-bond donors (Lipinski definition) is 0. The zero-order valence-electron chi connectivity index (χ0n) is 12.0. The second-order valence-corrected chi connectivity index (χ2v) is 4.46. The minimum Gasteiger partial charge on any atom is -0.497 e.